The average Bonchev–Trinajstić information content (AvgIpc) is 3.17. The Kier molecular flexibility index (Phi) is 4.63. The average molecular weight is 331 g/mol. The second kappa shape index (κ2) is 6.68. The third kappa shape index (κ3) is 4.09. The van der Waals surface area contributed by atoms with E-state index >= 15 is 0 Å². The van der Waals surface area contributed by atoms with Crippen LogP contribution in [0.3, 0.4) is 0 Å². The molecule has 0 spiro atoms. The molecule has 1 fully saturated rings. The van der Waals surface area contributed by atoms with E-state index in [0.717, 1.165) is 24.0 Å². The van der Waals surface area contributed by atoms with Crippen molar-refractivity contribution in [3.8, 4) is 0 Å². The smallest absolute Gasteiger partial charge is 0.236 e. The van der Waals surface area contributed by atoms with Crippen molar-refractivity contribution in [2.45, 2.75) is 12.8 Å². The van der Waals surface area contributed by atoms with Crippen LogP contribution < -0.4 is 0 Å². The van der Waals surface area contributed by atoms with Gasteiger partial charge in [0.25, 0.3) is 0 Å². The summed E-state index contributed by atoms with van der Waals surface area (Å²) in [4.78, 5) is 0. The zero-order valence-electron chi connectivity index (χ0n) is 13.2. The van der Waals surface area contributed by atoms with Gasteiger partial charge in [-0.15, -0.1) is 0 Å². The minimum Gasteiger partial charge on any atom is -0.276 e. The number of rotatable bonds is 5. The lowest BCUT2D eigenvalue weighted by atomic mass is 10.0. The van der Waals surface area contributed by atoms with E-state index in [9.17, 15) is 8.42 Å². The van der Waals surface area contributed by atoms with E-state index < -0.39 is 10.0 Å². The maximum Gasteiger partial charge on any atom is 0.236 e. The van der Waals surface area contributed by atoms with Crippen molar-refractivity contribution in [2.75, 3.05) is 13.1 Å². The second-order valence-electron chi connectivity index (χ2n) is 6.00. The predicted octanol–water partition coefficient (Wildman–Crippen LogP) is 2.29. The summed E-state index contributed by atoms with van der Waals surface area (Å²) >= 11 is 0. The van der Waals surface area contributed by atoms with Gasteiger partial charge in [0, 0.05) is 31.7 Å². The van der Waals surface area contributed by atoms with Crippen molar-refractivity contribution < 1.29 is 8.42 Å². The molecule has 0 unspecified atom stereocenters. The zero-order chi connectivity index (χ0) is 16.3. The molecule has 0 saturated carbocycles. The SMILES string of the molecule is Cn1cc(C[C@@H]2CCN(S(=O)(=O)/C=C\c3ccccc3)C2)cn1. The number of hydrogen-bond acceptors (Lipinski definition) is 3. The van der Waals surface area contributed by atoms with Gasteiger partial charge in [-0.1, -0.05) is 30.3 Å². The number of benzene rings is 1. The number of aromatic nitrogens is 2. The van der Waals surface area contributed by atoms with Crippen LogP contribution in [0.2, 0.25) is 0 Å². The Morgan fingerprint density at radius 3 is 2.78 bits per heavy atom. The lowest BCUT2D eigenvalue weighted by Gasteiger charge is -2.13. The van der Waals surface area contributed by atoms with Gasteiger partial charge in [0.2, 0.25) is 10.0 Å². The molecule has 1 atom stereocenters. The molecule has 2 aromatic rings. The van der Waals surface area contributed by atoms with Crippen LogP contribution in [0.25, 0.3) is 6.08 Å². The quantitative estimate of drug-likeness (QED) is 0.845. The van der Waals surface area contributed by atoms with Gasteiger partial charge >= 0.3 is 0 Å². The maximum atomic E-state index is 12.4. The van der Waals surface area contributed by atoms with E-state index in [1.807, 2.05) is 49.8 Å². The molecule has 0 radical (unpaired) electrons. The van der Waals surface area contributed by atoms with E-state index in [0.29, 0.717) is 19.0 Å². The Morgan fingerprint density at radius 1 is 1.30 bits per heavy atom. The van der Waals surface area contributed by atoms with Crippen molar-refractivity contribution in [2.24, 2.45) is 13.0 Å². The van der Waals surface area contributed by atoms with Crippen LogP contribution >= 0.6 is 0 Å². The summed E-state index contributed by atoms with van der Waals surface area (Å²) in [6, 6.07) is 9.48. The van der Waals surface area contributed by atoms with Crippen molar-refractivity contribution in [3.05, 3.63) is 59.3 Å². The Balaban J connectivity index is 1.62. The highest BCUT2D eigenvalue weighted by atomic mass is 32.2. The summed E-state index contributed by atoms with van der Waals surface area (Å²) < 4.78 is 28.2. The van der Waals surface area contributed by atoms with Crippen LogP contribution in [-0.2, 0) is 23.5 Å². The van der Waals surface area contributed by atoms with E-state index in [1.54, 1.807) is 15.1 Å². The lowest BCUT2D eigenvalue weighted by Crippen LogP contribution is -2.27. The van der Waals surface area contributed by atoms with Gasteiger partial charge < -0.3 is 0 Å². The number of hydrogen-bond donors (Lipinski definition) is 0. The molecule has 0 aliphatic carbocycles. The van der Waals surface area contributed by atoms with Crippen molar-refractivity contribution in [1.29, 1.82) is 0 Å². The first-order valence-electron chi connectivity index (χ1n) is 7.74. The summed E-state index contributed by atoms with van der Waals surface area (Å²) in [6.45, 7) is 1.17. The summed E-state index contributed by atoms with van der Waals surface area (Å²) in [7, 11) is -1.45. The van der Waals surface area contributed by atoms with Crippen LogP contribution in [0.1, 0.15) is 17.5 Å². The zero-order valence-corrected chi connectivity index (χ0v) is 14.0. The minimum absolute atomic E-state index is 0.360. The fraction of sp³-hybridized carbons (Fsp3) is 0.353. The van der Waals surface area contributed by atoms with Crippen LogP contribution in [-0.4, -0.2) is 35.6 Å². The molecular formula is C17H21N3O2S. The van der Waals surface area contributed by atoms with Gasteiger partial charge in [-0.05, 0) is 36.0 Å². The lowest BCUT2D eigenvalue weighted by molar-refractivity contribution is 0.463. The number of aryl methyl sites for hydroxylation is 1. The largest absolute Gasteiger partial charge is 0.276 e. The third-order valence-electron chi connectivity index (χ3n) is 4.12. The van der Waals surface area contributed by atoms with Crippen LogP contribution in [0.15, 0.2) is 48.1 Å². The number of nitrogens with zero attached hydrogens (tertiary/aromatic N) is 3. The first-order valence-corrected chi connectivity index (χ1v) is 9.24. The van der Waals surface area contributed by atoms with Gasteiger partial charge in [-0.2, -0.15) is 9.40 Å². The summed E-state index contributed by atoms with van der Waals surface area (Å²) in [5, 5.41) is 5.48. The Morgan fingerprint density at radius 2 is 2.09 bits per heavy atom. The predicted molar refractivity (Wildman–Crippen MR) is 91.0 cm³/mol. The molecule has 1 aromatic carbocycles. The Hall–Kier alpha value is -1.92. The molecule has 2 heterocycles. The summed E-state index contributed by atoms with van der Waals surface area (Å²) in [5.41, 5.74) is 2.05. The second-order valence-corrected chi connectivity index (χ2v) is 7.82. The molecule has 1 aromatic heterocycles. The molecule has 6 heteroatoms. The van der Waals surface area contributed by atoms with Crippen LogP contribution in [0, 0.1) is 5.92 Å². The van der Waals surface area contributed by atoms with Gasteiger partial charge in [-0.25, -0.2) is 8.42 Å². The molecule has 23 heavy (non-hydrogen) atoms. The highest BCUT2D eigenvalue weighted by Gasteiger charge is 2.29. The molecule has 3 rings (SSSR count). The van der Waals surface area contributed by atoms with Gasteiger partial charge in [0.05, 0.1) is 6.20 Å². The highest BCUT2D eigenvalue weighted by molar-refractivity contribution is 7.92. The van der Waals surface area contributed by atoms with Gasteiger partial charge in [0.1, 0.15) is 0 Å². The monoisotopic (exact) mass is 331 g/mol. The summed E-state index contributed by atoms with van der Waals surface area (Å²) in [6.07, 6.45) is 7.28. The van der Waals surface area contributed by atoms with E-state index in [2.05, 4.69) is 5.10 Å². The number of sulfonamides is 1. The van der Waals surface area contributed by atoms with Gasteiger partial charge in [-0.3, -0.25) is 4.68 Å². The fourth-order valence-corrected chi connectivity index (χ4v) is 4.20. The van der Waals surface area contributed by atoms with Gasteiger partial charge in [0.15, 0.2) is 0 Å². The van der Waals surface area contributed by atoms with Crippen LogP contribution in [0.4, 0.5) is 0 Å². The molecule has 122 valence electrons. The molecule has 1 aliphatic rings. The van der Waals surface area contributed by atoms with E-state index in [4.69, 9.17) is 0 Å². The maximum absolute atomic E-state index is 12.4. The molecule has 1 saturated heterocycles. The van der Waals surface area contributed by atoms with Crippen molar-refractivity contribution in [3.63, 3.8) is 0 Å². The fourth-order valence-electron chi connectivity index (χ4n) is 2.92. The van der Waals surface area contributed by atoms with E-state index in [1.165, 1.54) is 5.41 Å². The first-order chi connectivity index (χ1) is 11.0. The Bertz CT molecular complexity index is 781. The highest BCUT2D eigenvalue weighted by Crippen LogP contribution is 2.24. The molecule has 0 N–H and O–H groups in total. The molecule has 0 bridgehead atoms. The standard InChI is InChI=1S/C17H21N3O2S/c1-19-13-17(12-18-19)11-16-7-9-20(14-16)23(21,22)10-8-15-5-3-2-4-6-15/h2-6,8,10,12-13,16H,7,9,11,14H2,1H3/b10-8-/t16-/m0/s1. The topological polar surface area (TPSA) is 55.2 Å². The summed E-state index contributed by atoms with van der Waals surface area (Å²) in [5.74, 6) is 0.360. The normalized spacial score (nSPS) is 19.6. The first kappa shape index (κ1) is 16.0. The van der Waals surface area contributed by atoms with Crippen molar-refractivity contribution in [1.82, 2.24) is 14.1 Å². The van der Waals surface area contributed by atoms with Crippen LogP contribution in [0.5, 0.6) is 0 Å². The molecule has 1 aliphatic heterocycles. The molecule has 5 nitrogen and oxygen atoms in total. The van der Waals surface area contributed by atoms with E-state index in [-0.39, 0.29) is 0 Å². The third-order valence-corrected chi connectivity index (χ3v) is 5.65. The minimum atomic E-state index is -3.35. The Labute approximate surface area is 137 Å². The molecule has 0 amide bonds. The van der Waals surface area contributed by atoms with Crippen molar-refractivity contribution >= 4 is 16.1 Å². The molecular weight excluding hydrogens is 310 g/mol.